The lowest BCUT2D eigenvalue weighted by molar-refractivity contribution is 0.0411. The first-order valence-corrected chi connectivity index (χ1v) is 11.1. The Hall–Kier alpha value is -3.07. The van der Waals surface area contributed by atoms with E-state index in [1.807, 2.05) is 65.2 Å². The van der Waals surface area contributed by atoms with Crippen LogP contribution in [0.4, 0.5) is 5.82 Å². The number of aliphatic hydroxyl groups excluding tert-OH is 2. The molecule has 3 N–H and O–H groups in total. The van der Waals surface area contributed by atoms with Gasteiger partial charge in [0.2, 0.25) is 0 Å². The number of aromatic nitrogens is 3. The van der Waals surface area contributed by atoms with E-state index in [1.54, 1.807) is 12.4 Å². The van der Waals surface area contributed by atoms with E-state index in [2.05, 4.69) is 15.3 Å². The maximum Gasteiger partial charge on any atom is 0.180 e. The Kier molecular flexibility index (Phi) is 5.50. The van der Waals surface area contributed by atoms with Crippen molar-refractivity contribution in [3.05, 3.63) is 84.4 Å². The van der Waals surface area contributed by atoms with Gasteiger partial charge in [-0.05, 0) is 29.8 Å². The Morgan fingerprint density at radius 2 is 1.90 bits per heavy atom. The lowest BCUT2D eigenvalue weighted by atomic mass is 10.1. The predicted octanol–water partition coefficient (Wildman–Crippen LogP) is 3.64. The van der Waals surface area contributed by atoms with Gasteiger partial charge < -0.3 is 20.3 Å². The molecule has 3 heterocycles. The van der Waals surface area contributed by atoms with Gasteiger partial charge >= 0.3 is 0 Å². The first kappa shape index (κ1) is 19.9. The van der Waals surface area contributed by atoms with Crippen LogP contribution >= 0.6 is 11.8 Å². The Morgan fingerprint density at radius 3 is 2.71 bits per heavy atom. The lowest BCUT2D eigenvalue weighted by Gasteiger charge is -2.15. The molecule has 2 aromatic carbocycles. The number of ether oxygens (including phenoxy) is 1. The van der Waals surface area contributed by atoms with E-state index < -0.39 is 12.2 Å². The Bertz CT molecular complexity index is 1180. The van der Waals surface area contributed by atoms with Crippen LogP contribution < -0.4 is 10.1 Å². The van der Waals surface area contributed by atoms with Crippen LogP contribution in [-0.4, -0.2) is 42.5 Å². The van der Waals surface area contributed by atoms with Crippen LogP contribution in [-0.2, 0) is 6.54 Å². The zero-order valence-electron chi connectivity index (χ0n) is 16.6. The number of rotatable bonds is 6. The molecule has 0 aliphatic carbocycles. The van der Waals surface area contributed by atoms with Crippen molar-refractivity contribution in [2.45, 2.75) is 24.0 Å². The van der Waals surface area contributed by atoms with Crippen molar-refractivity contribution in [3.63, 3.8) is 0 Å². The summed E-state index contributed by atoms with van der Waals surface area (Å²) in [5.74, 6) is 2.73. The number of hydrogen-bond acceptors (Lipinski definition) is 7. The fourth-order valence-corrected chi connectivity index (χ4v) is 4.99. The maximum absolute atomic E-state index is 10.3. The Morgan fingerprint density at radius 1 is 1.06 bits per heavy atom. The van der Waals surface area contributed by atoms with Gasteiger partial charge in [0.1, 0.15) is 11.5 Å². The van der Waals surface area contributed by atoms with E-state index in [1.165, 1.54) is 11.8 Å². The lowest BCUT2D eigenvalue weighted by Crippen LogP contribution is -2.25. The molecule has 2 aromatic heterocycles. The molecule has 4 aromatic rings. The molecule has 1 aliphatic rings. The number of thioether (sulfide) groups is 1. The summed E-state index contributed by atoms with van der Waals surface area (Å²) in [5, 5.41) is 23.3. The summed E-state index contributed by atoms with van der Waals surface area (Å²) in [6.07, 6.45) is 3.76. The minimum absolute atomic E-state index is 0.216. The van der Waals surface area contributed by atoms with E-state index >= 15 is 0 Å². The Labute approximate surface area is 183 Å². The number of imidazole rings is 1. The predicted molar refractivity (Wildman–Crippen MR) is 120 cm³/mol. The van der Waals surface area contributed by atoms with Gasteiger partial charge in [0.15, 0.2) is 11.5 Å². The molecule has 1 aliphatic heterocycles. The number of nitrogens with one attached hydrogen (secondary N) is 1. The van der Waals surface area contributed by atoms with Crippen LogP contribution in [0.2, 0.25) is 0 Å². The average molecular weight is 435 g/mol. The molecule has 0 saturated carbocycles. The topological polar surface area (TPSA) is 91.9 Å². The molecule has 31 heavy (non-hydrogen) atoms. The second kappa shape index (κ2) is 8.58. The summed E-state index contributed by atoms with van der Waals surface area (Å²) in [5.41, 5.74) is 2.59. The molecule has 0 radical (unpaired) electrons. The third kappa shape index (κ3) is 4.10. The molecule has 0 unspecified atom stereocenters. The number of benzene rings is 2. The van der Waals surface area contributed by atoms with Crippen LogP contribution in [0.15, 0.2) is 73.2 Å². The van der Waals surface area contributed by atoms with Crippen molar-refractivity contribution >= 4 is 23.2 Å². The third-order valence-corrected chi connectivity index (χ3v) is 6.65. The number of hydrogen-bond donors (Lipinski definition) is 3. The minimum atomic E-state index is -0.804. The van der Waals surface area contributed by atoms with Gasteiger partial charge in [-0.2, -0.15) is 0 Å². The smallest absolute Gasteiger partial charge is 0.180 e. The molecule has 1 fully saturated rings. The number of aliphatic hydroxyl groups is 2. The summed E-state index contributed by atoms with van der Waals surface area (Å²) in [7, 11) is 0. The highest BCUT2D eigenvalue weighted by Gasteiger charge is 2.37. The van der Waals surface area contributed by atoms with Crippen molar-refractivity contribution in [1.29, 1.82) is 0 Å². The molecule has 0 bridgehead atoms. The summed E-state index contributed by atoms with van der Waals surface area (Å²) < 4.78 is 7.83. The van der Waals surface area contributed by atoms with Crippen LogP contribution in [0.5, 0.6) is 11.5 Å². The molecule has 0 amide bonds. The van der Waals surface area contributed by atoms with E-state index in [9.17, 15) is 10.2 Å². The fourth-order valence-electron chi connectivity index (χ4n) is 3.66. The highest BCUT2D eigenvalue weighted by atomic mass is 32.2. The molecule has 3 atom stereocenters. The molecule has 5 rings (SSSR count). The number of anilines is 1. The summed E-state index contributed by atoms with van der Waals surface area (Å²) in [6, 6.07) is 17.6. The second-order valence-electron chi connectivity index (χ2n) is 7.38. The van der Waals surface area contributed by atoms with Crippen LogP contribution in [0.3, 0.4) is 0 Å². The summed E-state index contributed by atoms with van der Waals surface area (Å²) >= 11 is 1.53. The molecular weight excluding hydrogens is 412 g/mol. The highest BCUT2D eigenvalue weighted by molar-refractivity contribution is 7.99. The Balaban J connectivity index is 1.33. The van der Waals surface area contributed by atoms with E-state index in [0.29, 0.717) is 23.8 Å². The standard InChI is InChI=1S/C23H22N4O3S/c28-19-14-31-21(20(19)29)18-13-26-23-22(24-9-10-27(18)23)25-12-15-5-4-8-17(11-15)30-16-6-2-1-3-7-16/h1-11,13,19-21,28-29H,12,14H2,(H,24,25)/t19-,20-,21+/m1/s1. The van der Waals surface area contributed by atoms with Crippen molar-refractivity contribution in [2.24, 2.45) is 0 Å². The van der Waals surface area contributed by atoms with Gasteiger partial charge in [-0.3, -0.25) is 4.40 Å². The van der Waals surface area contributed by atoms with Crippen molar-refractivity contribution in [1.82, 2.24) is 14.4 Å². The van der Waals surface area contributed by atoms with Gasteiger partial charge in [-0.25, -0.2) is 9.97 Å². The van der Waals surface area contributed by atoms with E-state index in [-0.39, 0.29) is 5.25 Å². The van der Waals surface area contributed by atoms with Crippen LogP contribution in [0, 0.1) is 0 Å². The maximum atomic E-state index is 10.3. The van der Waals surface area contributed by atoms with Crippen molar-refractivity contribution in [2.75, 3.05) is 11.1 Å². The largest absolute Gasteiger partial charge is 0.457 e. The van der Waals surface area contributed by atoms with E-state index in [0.717, 1.165) is 22.8 Å². The van der Waals surface area contributed by atoms with Gasteiger partial charge in [-0.1, -0.05) is 30.3 Å². The molecule has 8 heteroatoms. The molecule has 1 saturated heterocycles. The highest BCUT2D eigenvalue weighted by Crippen LogP contribution is 2.40. The van der Waals surface area contributed by atoms with E-state index in [4.69, 9.17) is 4.74 Å². The normalized spacial score (nSPS) is 20.8. The zero-order chi connectivity index (χ0) is 21.2. The number of fused-ring (bicyclic) bond motifs is 1. The monoisotopic (exact) mass is 434 g/mol. The molecular formula is C23H22N4O3S. The SMILES string of the molecule is O[C@@H]1[C@H](O)CS[C@H]1c1cnc2c(NCc3cccc(Oc4ccccc4)c3)nccn12. The van der Waals surface area contributed by atoms with Gasteiger partial charge in [0.05, 0.1) is 29.3 Å². The molecule has 7 nitrogen and oxygen atoms in total. The first-order chi connectivity index (χ1) is 15.2. The molecule has 0 spiro atoms. The summed E-state index contributed by atoms with van der Waals surface area (Å²) in [6.45, 7) is 0.556. The van der Waals surface area contributed by atoms with Crippen molar-refractivity contribution < 1.29 is 14.9 Å². The average Bonchev–Trinajstić information content (AvgIpc) is 3.37. The summed E-state index contributed by atoms with van der Waals surface area (Å²) in [4.78, 5) is 8.96. The third-order valence-electron chi connectivity index (χ3n) is 5.24. The number of para-hydroxylation sites is 1. The zero-order valence-corrected chi connectivity index (χ0v) is 17.4. The first-order valence-electron chi connectivity index (χ1n) is 10.0. The molecule has 158 valence electrons. The van der Waals surface area contributed by atoms with Crippen LogP contribution in [0.25, 0.3) is 5.65 Å². The van der Waals surface area contributed by atoms with Crippen molar-refractivity contribution in [3.8, 4) is 11.5 Å². The number of nitrogens with zero attached hydrogens (tertiary/aromatic N) is 3. The minimum Gasteiger partial charge on any atom is -0.457 e. The fraction of sp³-hybridized carbons (Fsp3) is 0.217. The van der Waals surface area contributed by atoms with Gasteiger partial charge in [-0.15, -0.1) is 11.8 Å². The van der Waals surface area contributed by atoms with Gasteiger partial charge in [0.25, 0.3) is 0 Å². The second-order valence-corrected chi connectivity index (χ2v) is 8.56. The van der Waals surface area contributed by atoms with Gasteiger partial charge in [0, 0.05) is 24.7 Å². The quantitative estimate of drug-likeness (QED) is 0.427. The van der Waals surface area contributed by atoms with Crippen LogP contribution in [0.1, 0.15) is 16.5 Å².